The number of hydrogen-bond acceptors (Lipinski definition) is 1. The lowest BCUT2D eigenvalue weighted by Gasteiger charge is -2.45. The predicted molar refractivity (Wildman–Crippen MR) is 76.6 cm³/mol. The predicted octanol–water partition coefficient (Wildman–Crippen LogP) is 4.48. The highest BCUT2D eigenvalue weighted by Gasteiger charge is 2.44. The van der Waals surface area contributed by atoms with Crippen LogP contribution in [0, 0.1) is 31.0 Å². The first-order chi connectivity index (χ1) is 8.63. The van der Waals surface area contributed by atoms with Crippen LogP contribution >= 0.6 is 0 Å². The average molecular weight is 264 g/mol. The van der Waals surface area contributed by atoms with Crippen LogP contribution in [0.3, 0.4) is 0 Å². The molecule has 2 atom stereocenters. The van der Waals surface area contributed by atoms with Crippen molar-refractivity contribution in [1.82, 2.24) is 0 Å². The maximum atomic E-state index is 14.4. The third-order valence-corrected chi connectivity index (χ3v) is 4.26. The summed E-state index contributed by atoms with van der Waals surface area (Å²) < 4.78 is 14.4. The van der Waals surface area contributed by atoms with E-state index >= 15 is 0 Å². The van der Waals surface area contributed by atoms with Crippen LogP contribution < -0.4 is 0 Å². The molecule has 1 aromatic rings. The smallest absolute Gasteiger partial charge is 0.129 e. The van der Waals surface area contributed by atoms with E-state index in [4.69, 9.17) is 0 Å². The van der Waals surface area contributed by atoms with Gasteiger partial charge in [0.2, 0.25) is 0 Å². The molecule has 1 N–H and O–H groups in total. The second-order valence-electron chi connectivity index (χ2n) is 7.32. The summed E-state index contributed by atoms with van der Waals surface area (Å²) in [6.45, 7) is 10.3. The minimum Gasteiger partial charge on any atom is -0.385 e. The molecule has 1 aromatic carbocycles. The van der Waals surface area contributed by atoms with Crippen LogP contribution in [0.4, 0.5) is 4.39 Å². The van der Waals surface area contributed by atoms with Gasteiger partial charge in [-0.3, -0.25) is 0 Å². The van der Waals surface area contributed by atoms with Crippen LogP contribution in [-0.4, -0.2) is 5.11 Å². The van der Waals surface area contributed by atoms with Crippen LogP contribution in [0.5, 0.6) is 0 Å². The molecule has 1 aliphatic rings. The Morgan fingerprint density at radius 1 is 1.21 bits per heavy atom. The number of aryl methyl sites for hydroxylation is 2. The zero-order valence-corrected chi connectivity index (χ0v) is 12.7. The van der Waals surface area contributed by atoms with E-state index in [1.165, 1.54) is 6.07 Å². The van der Waals surface area contributed by atoms with Gasteiger partial charge in [0.1, 0.15) is 5.82 Å². The molecule has 1 nitrogen and oxygen atoms in total. The van der Waals surface area contributed by atoms with Crippen molar-refractivity contribution in [3.63, 3.8) is 0 Å². The van der Waals surface area contributed by atoms with Gasteiger partial charge >= 0.3 is 0 Å². The molecule has 2 heteroatoms. The highest BCUT2D eigenvalue weighted by molar-refractivity contribution is 5.37. The summed E-state index contributed by atoms with van der Waals surface area (Å²) in [5.74, 6) is 0.152. The SMILES string of the molecule is Cc1cc(C)c(C2(O)CC(C)CC(C)(C)C2)c(F)c1. The van der Waals surface area contributed by atoms with E-state index in [9.17, 15) is 9.50 Å². The van der Waals surface area contributed by atoms with Crippen molar-refractivity contribution in [3.05, 3.63) is 34.6 Å². The Labute approximate surface area is 115 Å². The van der Waals surface area contributed by atoms with Gasteiger partial charge in [-0.1, -0.05) is 26.8 Å². The molecule has 1 fully saturated rings. The summed E-state index contributed by atoms with van der Waals surface area (Å²) >= 11 is 0. The lowest BCUT2D eigenvalue weighted by Crippen LogP contribution is -2.41. The van der Waals surface area contributed by atoms with E-state index in [-0.39, 0.29) is 11.2 Å². The molecule has 0 saturated heterocycles. The lowest BCUT2D eigenvalue weighted by molar-refractivity contribution is -0.0661. The van der Waals surface area contributed by atoms with E-state index in [1.54, 1.807) is 0 Å². The highest BCUT2D eigenvalue weighted by atomic mass is 19.1. The monoisotopic (exact) mass is 264 g/mol. The Hall–Kier alpha value is -0.890. The summed E-state index contributed by atoms with van der Waals surface area (Å²) in [6, 6.07) is 3.50. The average Bonchev–Trinajstić information content (AvgIpc) is 2.09. The van der Waals surface area contributed by atoms with Gasteiger partial charge in [0.25, 0.3) is 0 Å². The van der Waals surface area contributed by atoms with Crippen LogP contribution in [0.2, 0.25) is 0 Å². The molecule has 0 spiro atoms. The van der Waals surface area contributed by atoms with Gasteiger partial charge in [-0.15, -0.1) is 0 Å². The zero-order valence-electron chi connectivity index (χ0n) is 12.7. The van der Waals surface area contributed by atoms with Crippen LogP contribution in [0.25, 0.3) is 0 Å². The van der Waals surface area contributed by atoms with Gasteiger partial charge in [0, 0.05) is 5.56 Å². The third kappa shape index (κ3) is 2.84. The van der Waals surface area contributed by atoms with E-state index in [1.807, 2.05) is 19.9 Å². The maximum Gasteiger partial charge on any atom is 0.129 e. The molecule has 0 heterocycles. The Bertz CT molecular complexity index is 469. The number of hydrogen-bond donors (Lipinski definition) is 1. The molecule has 106 valence electrons. The molecular weight excluding hydrogens is 239 g/mol. The van der Waals surface area contributed by atoms with Crippen molar-refractivity contribution >= 4 is 0 Å². The second-order valence-corrected chi connectivity index (χ2v) is 7.32. The fourth-order valence-corrected chi connectivity index (χ4v) is 4.22. The first-order valence-electron chi connectivity index (χ1n) is 7.13. The van der Waals surface area contributed by atoms with Gasteiger partial charge in [0.15, 0.2) is 0 Å². The molecular formula is C17H25FO. The van der Waals surface area contributed by atoms with Gasteiger partial charge < -0.3 is 5.11 Å². The van der Waals surface area contributed by atoms with Gasteiger partial charge in [-0.25, -0.2) is 4.39 Å². The fourth-order valence-electron chi connectivity index (χ4n) is 4.22. The van der Waals surface area contributed by atoms with Crippen molar-refractivity contribution in [1.29, 1.82) is 0 Å². The van der Waals surface area contributed by atoms with Crippen LogP contribution in [0.1, 0.15) is 56.7 Å². The van der Waals surface area contributed by atoms with Crippen LogP contribution in [0.15, 0.2) is 12.1 Å². The van der Waals surface area contributed by atoms with Crippen LogP contribution in [-0.2, 0) is 5.60 Å². The third-order valence-electron chi connectivity index (χ3n) is 4.26. The molecule has 19 heavy (non-hydrogen) atoms. The number of rotatable bonds is 1. The quantitative estimate of drug-likeness (QED) is 0.793. The number of halogens is 1. The molecule has 0 amide bonds. The molecule has 0 bridgehead atoms. The standard InChI is InChI=1S/C17H25FO/c1-11-6-13(3)15(14(18)7-11)17(19)9-12(2)8-16(4,5)10-17/h6-7,12,19H,8-10H2,1-5H3. The summed E-state index contributed by atoms with van der Waals surface area (Å²) in [5.41, 5.74) is 1.31. The van der Waals surface area contributed by atoms with Gasteiger partial charge in [-0.2, -0.15) is 0 Å². The van der Waals surface area contributed by atoms with E-state index in [0.717, 1.165) is 17.5 Å². The first kappa shape index (κ1) is 14.5. The second kappa shape index (κ2) is 4.59. The summed E-state index contributed by atoms with van der Waals surface area (Å²) in [5, 5.41) is 11.1. The van der Waals surface area contributed by atoms with E-state index < -0.39 is 5.60 Å². The minimum atomic E-state index is -1.02. The Morgan fingerprint density at radius 2 is 1.84 bits per heavy atom. The Kier molecular flexibility index (Phi) is 3.51. The maximum absolute atomic E-state index is 14.4. The largest absolute Gasteiger partial charge is 0.385 e. The molecule has 1 saturated carbocycles. The number of aliphatic hydroxyl groups is 1. The topological polar surface area (TPSA) is 20.2 Å². The van der Waals surface area contributed by atoms with E-state index in [0.29, 0.717) is 24.3 Å². The lowest BCUT2D eigenvalue weighted by atomic mass is 9.63. The molecule has 0 aliphatic heterocycles. The Balaban J connectivity index is 2.50. The van der Waals surface area contributed by atoms with Crippen molar-refractivity contribution in [2.45, 2.75) is 59.5 Å². The summed E-state index contributed by atoms with van der Waals surface area (Å²) in [7, 11) is 0. The summed E-state index contributed by atoms with van der Waals surface area (Å²) in [4.78, 5) is 0. The van der Waals surface area contributed by atoms with Crippen molar-refractivity contribution in [2.24, 2.45) is 11.3 Å². The summed E-state index contributed by atoms with van der Waals surface area (Å²) in [6.07, 6.45) is 2.37. The van der Waals surface area contributed by atoms with Crippen molar-refractivity contribution in [2.75, 3.05) is 0 Å². The zero-order chi connectivity index (χ0) is 14.4. The molecule has 2 unspecified atom stereocenters. The Morgan fingerprint density at radius 3 is 2.37 bits per heavy atom. The van der Waals surface area contributed by atoms with Crippen molar-refractivity contribution in [3.8, 4) is 0 Å². The molecule has 2 rings (SSSR count). The van der Waals surface area contributed by atoms with Gasteiger partial charge in [0.05, 0.1) is 5.60 Å². The van der Waals surface area contributed by atoms with Crippen molar-refractivity contribution < 1.29 is 9.50 Å². The normalized spacial score (nSPS) is 30.4. The van der Waals surface area contributed by atoms with Gasteiger partial charge in [-0.05, 0) is 61.6 Å². The molecule has 1 aliphatic carbocycles. The van der Waals surface area contributed by atoms with E-state index in [2.05, 4.69) is 20.8 Å². The first-order valence-corrected chi connectivity index (χ1v) is 7.13. The molecule has 0 radical (unpaired) electrons. The molecule has 0 aromatic heterocycles. The highest BCUT2D eigenvalue weighted by Crippen LogP contribution is 2.49. The minimum absolute atomic E-state index is 0.0518. The number of benzene rings is 1. The fraction of sp³-hybridized carbons (Fsp3) is 0.647.